The zero-order chi connectivity index (χ0) is 11.1. The summed E-state index contributed by atoms with van der Waals surface area (Å²) in [5, 5.41) is 10.3. The first-order valence-electron chi connectivity index (χ1n) is 5.16. The molecule has 0 aliphatic heterocycles. The number of rotatable bonds is 3. The van der Waals surface area contributed by atoms with Gasteiger partial charge in [-0.3, -0.25) is 0 Å². The van der Waals surface area contributed by atoms with Gasteiger partial charge in [0.1, 0.15) is 6.10 Å². The van der Waals surface area contributed by atoms with E-state index in [1.54, 1.807) is 12.1 Å². The molecule has 1 N–H and O–H groups in total. The van der Waals surface area contributed by atoms with Gasteiger partial charge in [0.2, 0.25) is 0 Å². The maximum absolute atomic E-state index is 9.71. The standard InChI is InChI=1S/C13H15ClO/c1-2-3-4-5-9-13(15)11-7-6-8-12(14)10-11/h6-8,10,13,15H,2-4H2,1H3/t13-/m0/s1. The number of halogens is 1. The number of aliphatic hydroxyl groups is 1. The Kier molecular flexibility index (Phi) is 5.25. The minimum atomic E-state index is -0.722. The molecule has 0 unspecified atom stereocenters. The van der Waals surface area contributed by atoms with Crippen LogP contribution in [0.3, 0.4) is 0 Å². The summed E-state index contributed by atoms with van der Waals surface area (Å²) in [6, 6.07) is 7.16. The summed E-state index contributed by atoms with van der Waals surface area (Å²) in [6.07, 6.45) is 2.33. The lowest BCUT2D eigenvalue weighted by atomic mass is 10.1. The van der Waals surface area contributed by atoms with E-state index in [4.69, 9.17) is 11.6 Å². The quantitative estimate of drug-likeness (QED) is 0.613. The summed E-state index contributed by atoms with van der Waals surface area (Å²) in [4.78, 5) is 0. The molecule has 0 aliphatic rings. The third-order valence-electron chi connectivity index (χ3n) is 2.06. The van der Waals surface area contributed by atoms with Gasteiger partial charge in [0, 0.05) is 11.4 Å². The molecule has 0 bridgehead atoms. The summed E-state index contributed by atoms with van der Waals surface area (Å²) in [5.74, 6) is 5.77. The molecule has 80 valence electrons. The number of hydrogen-bond donors (Lipinski definition) is 1. The van der Waals surface area contributed by atoms with Gasteiger partial charge in [-0.05, 0) is 24.1 Å². The molecule has 1 aromatic rings. The van der Waals surface area contributed by atoms with Crippen LogP contribution in [0.1, 0.15) is 37.9 Å². The lowest BCUT2D eigenvalue weighted by Crippen LogP contribution is -1.92. The van der Waals surface area contributed by atoms with Crippen LogP contribution in [-0.4, -0.2) is 5.11 Å². The fourth-order valence-corrected chi connectivity index (χ4v) is 1.39. The third-order valence-corrected chi connectivity index (χ3v) is 2.29. The van der Waals surface area contributed by atoms with E-state index in [-0.39, 0.29) is 0 Å². The van der Waals surface area contributed by atoms with E-state index in [2.05, 4.69) is 18.8 Å². The van der Waals surface area contributed by atoms with Gasteiger partial charge in [0.05, 0.1) is 0 Å². The molecular weight excluding hydrogens is 208 g/mol. The molecular formula is C13H15ClO. The van der Waals surface area contributed by atoms with Crippen molar-refractivity contribution in [1.29, 1.82) is 0 Å². The second-order valence-corrected chi connectivity index (χ2v) is 3.82. The van der Waals surface area contributed by atoms with Gasteiger partial charge in [-0.1, -0.05) is 43.0 Å². The Morgan fingerprint density at radius 1 is 1.47 bits per heavy atom. The first-order valence-corrected chi connectivity index (χ1v) is 5.53. The SMILES string of the molecule is CCCCC#C[C@H](O)c1cccc(Cl)c1. The van der Waals surface area contributed by atoms with Crippen molar-refractivity contribution in [3.05, 3.63) is 34.9 Å². The smallest absolute Gasteiger partial charge is 0.140 e. The second kappa shape index (κ2) is 6.50. The maximum atomic E-state index is 9.71. The third kappa shape index (κ3) is 4.38. The fourth-order valence-electron chi connectivity index (χ4n) is 1.19. The molecule has 0 amide bonds. The van der Waals surface area contributed by atoms with Crippen molar-refractivity contribution in [3.63, 3.8) is 0 Å². The highest BCUT2D eigenvalue weighted by atomic mass is 35.5. The second-order valence-electron chi connectivity index (χ2n) is 3.38. The number of unbranched alkanes of at least 4 members (excludes halogenated alkanes) is 2. The first-order chi connectivity index (χ1) is 7.24. The largest absolute Gasteiger partial charge is 0.376 e. The van der Waals surface area contributed by atoms with Gasteiger partial charge in [-0.2, -0.15) is 0 Å². The molecule has 1 aromatic carbocycles. The fraction of sp³-hybridized carbons (Fsp3) is 0.385. The lowest BCUT2D eigenvalue weighted by molar-refractivity contribution is 0.238. The van der Waals surface area contributed by atoms with E-state index in [9.17, 15) is 5.11 Å². The van der Waals surface area contributed by atoms with Crippen molar-refractivity contribution in [3.8, 4) is 11.8 Å². The van der Waals surface area contributed by atoms with Crippen LogP contribution in [0.4, 0.5) is 0 Å². The summed E-state index contributed by atoms with van der Waals surface area (Å²) in [5.41, 5.74) is 0.756. The highest BCUT2D eigenvalue weighted by molar-refractivity contribution is 6.30. The van der Waals surface area contributed by atoms with Crippen LogP contribution in [0.5, 0.6) is 0 Å². The predicted octanol–water partition coefficient (Wildman–Crippen LogP) is 3.57. The molecule has 0 fully saturated rings. The Balaban J connectivity index is 2.59. The van der Waals surface area contributed by atoms with E-state index in [0.717, 1.165) is 24.8 Å². The van der Waals surface area contributed by atoms with E-state index in [1.165, 1.54) is 0 Å². The summed E-state index contributed by atoms with van der Waals surface area (Å²) < 4.78 is 0. The zero-order valence-corrected chi connectivity index (χ0v) is 9.59. The average Bonchev–Trinajstić information content (AvgIpc) is 2.24. The van der Waals surface area contributed by atoms with Gasteiger partial charge >= 0.3 is 0 Å². The molecule has 1 nitrogen and oxygen atoms in total. The number of aliphatic hydroxyl groups excluding tert-OH is 1. The van der Waals surface area contributed by atoms with Crippen LogP contribution in [-0.2, 0) is 0 Å². The minimum absolute atomic E-state index is 0.627. The van der Waals surface area contributed by atoms with Crippen LogP contribution < -0.4 is 0 Å². The van der Waals surface area contributed by atoms with Gasteiger partial charge < -0.3 is 5.11 Å². The van der Waals surface area contributed by atoms with Crippen molar-refractivity contribution in [2.45, 2.75) is 32.3 Å². The summed E-state index contributed by atoms with van der Waals surface area (Å²) in [7, 11) is 0. The highest BCUT2D eigenvalue weighted by Crippen LogP contribution is 2.16. The zero-order valence-electron chi connectivity index (χ0n) is 8.83. The van der Waals surface area contributed by atoms with E-state index in [0.29, 0.717) is 5.02 Å². The number of hydrogen-bond acceptors (Lipinski definition) is 1. The Morgan fingerprint density at radius 2 is 2.27 bits per heavy atom. The molecule has 0 saturated carbocycles. The van der Waals surface area contributed by atoms with Crippen molar-refractivity contribution in [2.75, 3.05) is 0 Å². The van der Waals surface area contributed by atoms with Gasteiger partial charge in [-0.15, -0.1) is 5.92 Å². The molecule has 0 radical (unpaired) electrons. The van der Waals surface area contributed by atoms with Crippen molar-refractivity contribution < 1.29 is 5.11 Å². The average molecular weight is 223 g/mol. The minimum Gasteiger partial charge on any atom is -0.376 e. The topological polar surface area (TPSA) is 20.2 Å². The van der Waals surface area contributed by atoms with E-state index >= 15 is 0 Å². The Labute approximate surface area is 96.1 Å². The molecule has 0 spiro atoms. The van der Waals surface area contributed by atoms with Crippen molar-refractivity contribution in [2.24, 2.45) is 0 Å². The van der Waals surface area contributed by atoms with Crippen LogP contribution >= 0.6 is 11.6 Å². The lowest BCUT2D eigenvalue weighted by Gasteiger charge is -2.03. The summed E-state index contributed by atoms with van der Waals surface area (Å²) in [6.45, 7) is 2.12. The molecule has 1 rings (SSSR count). The molecule has 15 heavy (non-hydrogen) atoms. The summed E-state index contributed by atoms with van der Waals surface area (Å²) >= 11 is 5.81. The molecule has 0 heterocycles. The van der Waals surface area contributed by atoms with Gasteiger partial charge in [0.15, 0.2) is 0 Å². The molecule has 2 heteroatoms. The Bertz CT molecular complexity index is 362. The van der Waals surface area contributed by atoms with Crippen LogP contribution in [0.25, 0.3) is 0 Å². The highest BCUT2D eigenvalue weighted by Gasteiger charge is 2.02. The van der Waals surface area contributed by atoms with Gasteiger partial charge in [-0.25, -0.2) is 0 Å². The van der Waals surface area contributed by atoms with E-state index in [1.807, 2.05) is 12.1 Å². The molecule has 0 aromatic heterocycles. The molecule has 1 atom stereocenters. The Hall–Kier alpha value is -0.970. The predicted molar refractivity (Wildman–Crippen MR) is 63.7 cm³/mol. The first kappa shape index (κ1) is 12.1. The van der Waals surface area contributed by atoms with Crippen LogP contribution in [0, 0.1) is 11.8 Å². The maximum Gasteiger partial charge on any atom is 0.140 e. The number of benzene rings is 1. The normalized spacial score (nSPS) is 11.7. The van der Waals surface area contributed by atoms with Crippen LogP contribution in [0.15, 0.2) is 24.3 Å². The van der Waals surface area contributed by atoms with Crippen molar-refractivity contribution >= 4 is 11.6 Å². The molecule has 0 saturated heterocycles. The monoisotopic (exact) mass is 222 g/mol. The van der Waals surface area contributed by atoms with Crippen LogP contribution in [0.2, 0.25) is 5.02 Å². The Morgan fingerprint density at radius 3 is 2.93 bits per heavy atom. The van der Waals surface area contributed by atoms with Gasteiger partial charge in [0.25, 0.3) is 0 Å². The van der Waals surface area contributed by atoms with Crippen molar-refractivity contribution in [1.82, 2.24) is 0 Å². The molecule has 0 aliphatic carbocycles. The van der Waals surface area contributed by atoms with E-state index < -0.39 is 6.10 Å².